The molecule has 4 aromatic rings. The maximum atomic E-state index is 11.9. The number of fused-ring (bicyclic) bond motifs is 1. The number of hydrogen-bond donors (Lipinski definition) is 2. The monoisotopic (exact) mass is 482 g/mol. The topological polar surface area (TPSA) is 112 Å². The summed E-state index contributed by atoms with van der Waals surface area (Å²) < 4.78 is 0. The Morgan fingerprint density at radius 2 is 1.89 bits per heavy atom. The molecule has 0 bridgehead atoms. The number of aliphatic imine (C=N–C) groups is 1. The molecule has 182 valence electrons. The fourth-order valence-electron chi connectivity index (χ4n) is 4.95. The molecule has 36 heavy (non-hydrogen) atoms. The Morgan fingerprint density at radius 1 is 1.14 bits per heavy atom. The minimum Gasteiger partial charge on any atom is -0.494 e. The van der Waals surface area contributed by atoms with Crippen LogP contribution in [0.1, 0.15) is 36.5 Å². The number of aromatic nitrogens is 1. The molecule has 1 amide bonds. The number of aromatic amines is 1. The van der Waals surface area contributed by atoms with Gasteiger partial charge in [0, 0.05) is 48.1 Å². The summed E-state index contributed by atoms with van der Waals surface area (Å²) in [6.07, 6.45) is 2.82. The highest BCUT2D eigenvalue weighted by molar-refractivity contribution is 6.22. The average molecular weight is 483 g/mol. The zero-order chi connectivity index (χ0) is 25.2. The van der Waals surface area contributed by atoms with Crippen molar-refractivity contribution in [2.24, 2.45) is 4.99 Å². The van der Waals surface area contributed by atoms with Gasteiger partial charge in [-0.1, -0.05) is 42.5 Å². The molecule has 2 heterocycles. The number of carbonyl (C=O) groups is 1. The molecule has 1 fully saturated rings. The maximum absolute atomic E-state index is 11.9. The number of rotatable bonds is 6. The minimum absolute atomic E-state index is 0.0639. The highest BCUT2D eigenvalue weighted by atomic mass is 16.6. The third-order valence-electron chi connectivity index (χ3n) is 6.69. The smallest absolute Gasteiger partial charge is 0.270 e. The number of nitro groups is 1. The third-order valence-corrected chi connectivity index (χ3v) is 6.69. The van der Waals surface area contributed by atoms with E-state index in [1.54, 1.807) is 13.0 Å². The van der Waals surface area contributed by atoms with Crippen molar-refractivity contribution in [3.8, 4) is 5.88 Å². The van der Waals surface area contributed by atoms with Crippen molar-refractivity contribution in [2.75, 3.05) is 6.54 Å². The summed E-state index contributed by atoms with van der Waals surface area (Å²) in [6.45, 7) is 2.44. The zero-order valence-corrected chi connectivity index (χ0v) is 19.8. The van der Waals surface area contributed by atoms with Gasteiger partial charge in [0.05, 0.1) is 21.9 Å². The Labute approximate surface area is 208 Å². The molecule has 5 rings (SSSR count). The molecule has 1 saturated heterocycles. The Morgan fingerprint density at radius 3 is 2.58 bits per heavy atom. The van der Waals surface area contributed by atoms with Gasteiger partial charge in [-0.05, 0) is 43.0 Å². The van der Waals surface area contributed by atoms with Gasteiger partial charge in [-0.25, -0.2) is 4.99 Å². The van der Waals surface area contributed by atoms with E-state index in [0.29, 0.717) is 27.9 Å². The second-order valence-electron chi connectivity index (χ2n) is 9.04. The van der Waals surface area contributed by atoms with Gasteiger partial charge < -0.3 is 15.0 Å². The number of nitrogens with one attached hydrogen (secondary N) is 1. The number of amides is 1. The van der Waals surface area contributed by atoms with Gasteiger partial charge in [0.1, 0.15) is 0 Å². The van der Waals surface area contributed by atoms with Crippen molar-refractivity contribution < 1.29 is 14.8 Å². The average Bonchev–Trinajstić information content (AvgIpc) is 3.47. The van der Waals surface area contributed by atoms with Gasteiger partial charge in [-0.15, -0.1) is 0 Å². The van der Waals surface area contributed by atoms with E-state index in [-0.39, 0.29) is 23.5 Å². The summed E-state index contributed by atoms with van der Waals surface area (Å²) in [5, 5.41) is 22.7. The van der Waals surface area contributed by atoms with E-state index in [4.69, 9.17) is 4.99 Å². The molecule has 8 heteroatoms. The highest BCUT2D eigenvalue weighted by Crippen LogP contribution is 2.33. The van der Waals surface area contributed by atoms with E-state index in [1.807, 2.05) is 59.5 Å². The van der Waals surface area contributed by atoms with Crippen LogP contribution in [0, 0.1) is 10.1 Å². The van der Waals surface area contributed by atoms with Crippen molar-refractivity contribution in [1.29, 1.82) is 0 Å². The van der Waals surface area contributed by atoms with Crippen LogP contribution in [0.4, 0.5) is 11.4 Å². The van der Waals surface area contributed by atoms with Crippen LogP contribution in [0.25, 0.3) is 10.9 Å². The van der Waals surface area contributed by atoms with E-state index in [0.717, 1.165) is 36.9 Å². The number of non-ortho nitro benzene ring substituents is 1. The molecule has 8 nitrogen and oxygen atoms in total. The molecule has 3 aromatic carbocycles. The molecule has 0 spiro atoms. The number of benzene rings is 3. The lowest BCUT2D eigenvalue weighted by Gasteiger charge is -2.23. The number of nitrogens with zero attached hydrogens (tertiary/aromatic N) is 3. The van der Waals surface area contributed by atoms with Gasteiger partial charge in [0.25, 0.3) is 5.69 Å². The zero-order valence-electron chi connectivity index (χ0n) is 19.8. The van der Waals surface area contributed by atoms with Crippen molar-refractivity contribution >= 4 is 33.9 Å². The molecule has 0 aliphatic carbocycles. The molecule has 1 aliphatic rings. The van der Waals surface area contributed by atoms with Crippen LogP contribution in [0.2, 0.25) is 0 Å². The van der Waals surface area contributed by atoms with Crippen molar-refractivity contribution in [3.63, 3.8) is 0 Å². The Balaban J connectivity index is 1.54. The summed E-state index contributed by atoms with van der Waals surface area (Å²) in [6, 6.07) is 21.9. The van der Waals surface area contributed by atoms with Crippen molar-refractivity contribution in [2.45, 2.75) is 32.2 Å². The van der Waals surface area contributed by atoms with Crippen LogP contribution < -0.4 is 0 Å². The second-order valence-corrected chi connectivity index (χ2v) is 9.04. The number of H-pyrrole nitrogens is 1. The van der Waals surface area contributed by atoms with Gasteiger partial charge in [-0.3, -0.25) is 14.9 Å². The quantitative estimate of drug-likeness (QED) is 0.215. The molecule has 0 radical (unpaired) electrons. The summed E-state index contributed by atoms with van der Waals surface area (Å²) in [7, 11) is 0. The van der Waals surface area contributed by atoms with Gasteiger partial charge in [-0.2, -0.15) is 0 Å². The number of hydrogen-bond acceptors (Lipinski definition) is 5. The first-order valence-electron chi connectivity index (χ1n) is 11.9. The lowest BCUT2D eigenvalue weighted by Crippen LogP contribution is -2.34. The predicted molar refractivity (Wildman–Crippen MR) is 139 cm³/mol. The maximum Gasteiger partial charge on any atom is 0.270 e. The molecule has 2 N–H and O–H groups in total. The van der Waals surface area contributed by atoms with Crippen LogP contribution in [0.15, 0.2) is 77.8 Å². The summed E-state index contributed by atoms with van der Waals surface area (Å²) >= 11 is 0. The molecular formula is C28H26N4O4. The van der Waals surface area contributed by atoms with E-state index in [2.05, 4.69) is 4.98 Å². The van der Waals surface area contributed by atoms with E-state index < -0.39 is 4.92 Å². The van der Waals surface area contributed by atoms with Crippen molar-refractivity contribution in [1.82, 2.24) is 9.88 Å². The van der Waals surface area contributed by atoms with Crippen LogP contribution >= 0.6 is 0 Å². The molecule has 1 unspecified atom stereocenters. The lowest BCUT2D eigenvalue weighted by atomic mass is 10.00. The fraction of sp³-hybridized carbons (Fsp3) is 0.214. The third kappa shape index (κ3) is 4.57. The molecule has 1 atom stereocenters. The van der Waals surface area contributed by atoms with E-state index in [1.165, 1.54) is 12.1 Å². The van der Waals surface area contributed by atoms with Crippen LogP contribution in [0.5, 0.6) is 5.88 Å². The first-order valence-corrected chi connectivity index (χ1v) is 11.9. The van der Waals surface area contributed by atoms with Crippen LogP contribution in [-0.4, -0.2) is 44.1 Å². The Kier molecular flexibility index (Phi) is 6.25. The van der Waals surface area contributed by atoms with Crippen LogP contribution in [-0.2, 0) is 11.2 Å². The number of nitro benzene ring substituents is 1. The second kappa shape index (κ2) is 9.65. The van der Waals surface area contributed by atoms with Crippen LogP contribution in [0.3, 0.4) is 0 Å². The minimum atomic E-state index is -0.455. The molecular weight excluding hydrogens is 456 g/mol. The fourth-order valence-corrected chi connectivity index (χ4v) is 4.95. The highest BCUT2D eigenvalue weighted by Gasteiger charge is 2.26. The van der Waals surface area contributed by atoms with E-state index >= 15 is 0 Å². The first kappa shape index (κ1) is 23.3. The standard InChI is InChI=1S/C28H26N4O4/c1-18(33)31-15-5-8-22(31)16-19-9-11-21(12-10-19)29-27(20-6-3-2-4-7-20)26-24-17-23(32(35)36)13-14-25(24)30-28(26)34/h2-4,6-7,9-14,17,22,30,34H,5,8,15-16H2,1H3. The Bertz CT molecular complexity index is 1460. The summed E-state index contributed by atoms with van der Waals surface area (Å²) in [5.41, 5.74) is 4.01. The molecule has 1 aliphatic heterocycles. The van der Waals surface area contributed by atoms with Crippen molar-refractivity contribution in [3.05, 3.63) is 99.6 Å². The molecule has 0 saturated carbocycles. The first-order chi connectivity index (χ1) is 17.4. The normalized spacial score (nSPS) is 16.0. The van der Waals surface area contributed by atoms with Gasteiger partial charge in [0.2, 0.25) is 5.91 Å². The van der Waals surface area contributed by atoms with E-state index in [9.17, 15) is 20.0 Å². The summed E-state index contributed by atoms with van der Waals surface area (Å²) in [4.78, 5) is 32.6. The SMILES string of the molecule is CC(=O)N1CCCC1Cc1ccc(N=C(c2ccccc2)c2c(O)[nH]c3ccc([N+](=O)[O-])cc23)cc1. The number of aromatic hydroxyl groups is 1. The summed E-state index contributed by atoms with van der Waals surface area (Å²) in [5.74, 6) is 0.0141. The molecule has 1 aromatic heterocycles. The lowest BCUT2D eigenvalue weighted by molar-refractivity contribution is -0.384. The van der Waals surface area contributed by atoms with Gasteiger partial charge >= 0.3 is 0 Å². The number of likely N-dealkylation sites (tertiary alicyclic amines) is 1. The van der Waals surface area contributed by atoms with Gasteiger partial charge in [0.15, 0.2) is 5.88 Å². The number of carbonyl (C=O) groups excluding carboxylic acids is 1. The predicted octanol–water partition coefficient (Wildman–Crippen LogP) is 5.50. The Hall–Kier alpha value is -4.46. The largest absolute Gasteiger partial charge is 0.494 e.